The molecule has 0 aliphatic heterocycles. The summed E-state index contributed by atoms with van der Waals surface area (Å²) in [4.78, 5) is 1.47. The van der Waals surface area contributed by atoms with Crippen molar-refractivity contribution >= 4 is 7.65 Å². The van der Waals surface area contributed by atoms with Gasteiger partial charge < -0.3 is 0 Å². The minimum atomic E-state index is -10.0. The van der Waals surface area contributed by atoms with Crippen LogP contribution in [0.2, 0.25) is 0 Å². The van der Waals surface area contributed by atoms with E-state index in [0.717, 1.165) is 4.91 Å². The maximum absolute atomic E-state index is 10.8. The van der Waals surface area contributed by atoms with E-state index in [2.05, 4.69) is 0 Å². The SMILES string of the molecule is [N-]=[N+]=N[P-](F)(F)(F)(F)F. The van der Waals surface area contributed by atoms with Crippen LogP contribution in [0.1, 0.15) is 0 Å². The first-order valence-electron chi connectivity index (χ1n) is 1.45. The van der Waals surface area contributed by atoms with E-state index < -0.39 is 7.65 Å². The minimum absolute atomic E-state index is 0.505. The fourth-order valence-corrected chi connectivity index (χ4v) is 0.227. The molecule has 0 aromatic rings. The first-order chi connectivity index (χ1) is 3.54. The van der Waals surface area contributed by atoms with E-state index in [1.54, 1.807) is 0 Å². The molecule has 0 aromatic carbocycles. The van der Waals surface area contributed by atoms with Gasteiger partial charge in [0.25, 0.3) is 0 Å². The van der Waals surface area contributed by atoms with Crippen LogP contribution in [0.5, 0.6) is 0 Å². The van der Waals surface area contributed by atoms with Crippen LogP contribution in [0.25, 0.3) is 10.4 Å². The Morgan fingerprint density at radius 2 is 1.44 bits per heavy atom. The van der Waals surface area contributed by atoms with Gasteiger partial charge in [-0.2, -0.15) is 0 Å². The van der Waals surface area contributed by atoms with E-state index in [0.29, 0.717) is 4.88 Å². The monoisotopic (exact) mass is 168 g/mol. The van der Waals surface area contributed by atoms with E-state index in [1.807, 2.05) is 0 Å². The van der Waals surface area contributed by atoms with Gasteiger partial charge in [-0.25, -0.2) is 0 Å². The quantitative estimate of drug-likeness (QED) is 0.188. The van der Waals surface area contributed by atoms with Gasteiger partial charge >= 0.3 is 44.0 Å². The number of halogens is 5. The molecule has 0 heterocycles. The molecule has 0 aliphatic carbocycles. The topological polar surface area (TPSA) is 48.8 Å². The first kappa shape index (κ1) is 8.39. The Morgan fingerprint density at radius 3 is 1.44 bits per heavy atom. The summed E-state index contributed by atoms with van der Waals surface area (Å²) in [5, 5.41) is 0. The Balaban J connectivity index is 4.99. The molecule has 0 radical (unpaired) electrons. The van der Waals surface area contributed by atoms with Gasteiger partial charge in [0.1, 0.15) is 0 Å². The number of nitrogens with zero attached hydrogens (tertiary/aromatic N) is 3. The Bertz CT molecular complexity index is 165. The second-order valence-electron chi connectivity index (χ2n) is 1.20. The van der Waals surface area contributed by atoms with Gasteiger partial charge in [-0.15, -0.1) is 0 Å². The molecule has 0 fully saturated rings. The van der Waals surface area contributed by atoms with Crippen molar-refractivity contribution in [2.24, 2.45) is 4.88 Å². The second kappa shape index (κ2) is 1.12. The van der Waals surface area contributed by atoms with Crippen LogP contribution in [0.4, 0.5) is 21.0 Å². The number of rotatable bonds is 1. The van der Waals surface area contributed by atoms with Crippen LogP contribution in [0, 0.1) is 0 Å². The molecule has 0 spiro atoms. The fraction of sp³-hybridized carbons (Fsp3) is 0. The van der Waals surface area contributed by atoms with E-state index in [4.69, 9.17) is 5.53 Å². The molecule has 9 heteroatoms. The molecule has 0 atom stereocenters. The molecule has 3 nitrogen and oxygen atoms in total. The molecule has 9 heavy (non-hydrogen) atoms. The molecular weight excluding hydrogens is 168 g/mol. The summed E-state index contributed by atoms with van der Waals surface area (Å²) in [5.74, 6) is 0. The summed E-state index contributed by atoms with van der Waals surface area (Å²) in [6.07, 6.45) is 0. The molecule has 56 valence electrons. The Morgan fingerprint density at radius 1 is 1.11 bits per heavy atom. The number of azide groups is 1. The molecule has 0 N–H and O–H groups in total. The van der Waals surface area contributed by atoms with Crippen LogP contribution >= 0.6 is 7.65 Å². The van der Waals surface area contributed by atoms with Gasteiger partial charge in [-0.05, 0) is 0 Å². The summed E-state index contributed by atoms with van der Waals surface area (Å²) in [6, 6.07) is 0. The van der Waals surface area contributed by atoms with E-state index in [-0.39, 0.29) is 0 Å². The predicted octanol–water partition coefficient (Wildman–Crippen LogP) is 3.72. The molecular formula is F5N3P-. The van der Waals surface area contributed by atoms with Gasteiger partial charge in [0.2, 0.25) is 0 Å². The molecule has 0 aliphatic rings. The van der Waals surface area contributed by atoms with Crippen LogP contribution < -0.4 is 0 Å². The van der Waals surface area contributed by atoms with Gasteiger partial charge in [-0.1, -0.05) is 0 Å². The number of hydrogen-bond donors (Lipinski definition) is 0. The van der Waals surface area contributed by atoms with Crippen molar-refractivity contribution in [3.8, 4) is 0 Å². The van der Waals surface area contributed by atoms with Crippen LogP contribution in [0.15, 0.2) is 4.88 Å². The molecule has 0 bridgehead atoms. The summed E-state index contributed by atoms with van der Waals surface area (Å²) >= 11 is 0. The summed E-state index contributed by atoms with van der Waals surface area (Å²) < 4.78 is 54.1. The van der Waals surface area contributed by atoms with Crippen molar-refractivity contribution in [3.05, 3.63) is 10.4 Å². The zero-order chi connectivity index (χ0) is 7.82. The van der Waals surface area contributed by atoms with Crippen molar-refractivity contribution in [1.82, 2.24) is 0 Å². The zero-order valence-corrected chi connectivity index (χ0v) is 4.57. The second-order valence-corrected chi connectivity index (χ2v) is 3.41. The zero-order valence-electron chi connectivity index (χ0n) is 3.68. The Labute approximate surface area is 45.3 Å². The number of hydrogen-bond acceptors (Lipinski definition) is 1. The Kier molecular flexibility index (Phi) is 1.05. The molecule has 0 unspecified atom stereocenters. The third-order valence-corrected chi connectivity index (χ3v) is 0.627. The normalized spacial score (nSPS) is 19.2. The molecule has 0 saturated heterocycles. The average Bonchev–Trinajstić information content (AvgIpc) is 1.22. The van der Waals surface area contributed by atoms with Crippen molar-refractivity contribution in [2.45, 2.75) is 0 Å². The average molecular weight is 168 g/mol. The Hall–Kier alpha value is -0.610. The van der Waals surface area contributed by atoms with Gasteiger partial charge in [-0.3, -0.25) is 0 Å². The van der Waals surface area contributed by atoms with Crippen LogP contribution in [0.3, 0.4) is 0 Å². The molecule has 0 saturated carbocycles. The van der Waals surface area contributed by atoms with E-state index >= 15 is 0 Å². The van der Waals surface area contributed by atoms with Crippen molar-refractivity contribution in [1.29, 1.82) is 0 Å². The molecule has 0 aromatic heterocycles. The van der Waals surface area contributed by atoms with E-state index in [1.165, 1.54) is 0 Å². The van der Waals surface area contributed by atoms with Crippen molar-refractivity contribution < 1.29 is 21.0 Å². The summed E-state index contributed by atoms with van der Waals surface area (Å²) in [7, 11) is -10.0. The van der Waals surface area contributed by atoms with Gasteiger partial charge in [0.05, 0.1) is 0 Å². The van der Waals surface area contributed by atoms with E-state index in [9.17, 15) is 21.0 Å². The maximum atomic E-state index is 10.8. The van der Waals surface area contributed by atoms with Crippen LogP contribution in [-0.2, 0) is 0 Å². The summed E-state index contributed by atoms with van der Waals surface area (Å²) in [6.45, 7) is 0. The molecule has 0 rings (SSSR count). The fourth-order valence-electron chi connectivity index (χ4n) is 0.0756. The predicted molar refractivity (Wildman–Crippen MR) is 21.6 cm³/mol. The van der Waals surface area contributed by atoms with Gasteiger partial charge in [0, 0.05) is 0 Å². The standard InChI is InChI=1S/F5N3P/c1-9(2,3,4,5)8-7-6/q-1. The van der Waals surface area contributed by atoms with Crippen LogP contribution in [-0.4, -0.2) is 0 Å². The third kappa shape index (κ3) is 7.39. The molecule has 0 amide bonds. The third-order valence-electron chi connectivity index (χ3n) is 0.209. The first-order valence-corrected chi connectivity index (χ1v) is 3.54. The van der Waals surface area contributed by atoms with Crippen molar-refractivity contribution in [2.75, 3.05) is 0 Å². The van der Waals surface area contributed by atoms with Gasteiger partial charge in [0.15, 0.2) is 0 Å². The van der Waals surface area contributed by atoms with Crippen molar-refractivity contribution in [3.63, 3.8) is 0 Å². The summed E-state index contributed by atoms with van der Waals surface area (Å²) in [5.41, 5.74) is 7.02.